The van der Waals surface area contributed by atoms with Gasteiger partial charge in [0.25, 0.3) is 5.91 Å². The molecule has 1 amide bonds. The van der Waals surface area contributed by atoms with Gasteiger partial charge in [0, 0.05) is 13.1 Å². The molecule has 0 bridgehead atoms. The molecule has 2 aromatic carbocycles. The molecular formula is C18H19ClN2O5S. The number of benzene rings is 2. The minimum absolute atomic E-state index is 0.0243. The number of sulfonamides is 1. The van der Waals surface area contributed by atoms with Crippen LogP contribution in [0, 0.1) is 0 Å². The Morgan fingerprint density at radius 2 is 1.81 bits per heavy atom. The Bertz CT molecular complexity index is 917. The van der Waals surface area contributed by atoms with Crippen molar-refractivity contribution >= 4 is 33.5 Å². The first-order valence-corrected chi connectivity index (χ1v) is 9.96. The summed E-state index contributed by atoms with van der Waals surface area (Å²) in [5, 5.41) is 2.45. The maximum Gasteiger partial charge on any atom is 0.338 e. The minimum atomic E-state index is -3.95. The van der Waals surface area contributed by atoms with Gasteiger partial charge in [-0.05, 0) is 30.7 Å². The van der Waals surface area contributed by atoms with Crippen LogP contribution in [0.4, 0.5) is 0 Å². The quantitative estimate of drug-likeness (QED) is 0.649. The molecule has 0 heterocycles. The normalized spacial score (nSPS) is 11.0. The molecule has 2 N–H and O–H groups in total. The van der Waals surface area contributed by atoms with Crippen LogP contribution in [-0.2, 0) is 26.1 Å². The topological polar surface area (TPSA) is 102 Å². The van der Waals surface area contributed by atoms with Crippen molar-refractivity contribution in [2.24, 2.45) is 0 Å². The number of esters is 1. The maximum atomic E-state index is 12.5. The van der Waals surface area contributed by atoms with Crippen molar-refractivity contribution in [1.29, 1.82) is 0 Å². The minimum Gasteiger partial charge on any atom is -0.452 e. The second-order valence-electron chi connectivity index (χ2n) is 5.48. The standard InChI is InChI=1S/C18H19ClN2O5S/c1-2-20-17(22)12-26-18(23)14-8-9-15(19)16(10-14)27(24,25)21-11-13-6-4-3-5-7-13/h3-10,21H,2,11-12H2,1H3,(H,20,22). The zero-order chi connectivity index (χ0) is 19.9. The number of likely N-dealkylation sites (N-methyl/N-ethyl adjacent to an activating group) is 1. The van der Waals surface area contributed by atoms with Crippen molar-refractivity contribution in [3.05, 3.63) is 64.7 Å². The second kappa shape index (κ2) is 9.50. The van der Waals surface area contributed by atoms with E-state index in [-0.39, 0.29) is 22.0 Å². The van der Waals surface area contributed by atoms with E-state index in [1.807, 2.05) is 6.07 Å². The predicted octanol–water partition coefficient (Wildman–Crippen LogP) is 2.11. The smallest absolute Gasteiger partial charge is 0.338 e. The van der Waals surface area contributed by atoms with E-state index in [2.05, 4.69) is 10.0 Å². The Labute approximate surface area is 162 Å². The monoisotopic (exact) mass is 410 g/mol. The van der Waals surface area contributed by atoms with Crippen LogP contribution in [0.1, 0.15) is 22.8 Å². The van der Waals surface area contributed by atoms with Crippen LogP contribution in [0.3, 0.4) is 0 Å². The lowest BCUT2D eigenvalue weighted by atomic mass is 10.2. The van der Waals surface area contributed by atoms with Gasteiger partial charge in [0.2, 0.25) is 10.0 Å². The first kappa shape index (κ1) is 20.9. The molecule has 2 rings (SSSR count). The summed E-state index contributed by atoms with van der Waals surface area (Å²) in [5.41, 5.74) is 0.749. The van der Waals surface area contributed by atoms with E-state index in [1.165, 1.54) is 12.1 Å². The van der Waals surface area contributed by atoms with Crippen molar-refractivity contribution in [3.63, 3.8) is 0 Å². The molecule has 9 heteroatoms. The van der Waals surface area contributed by atoms with E-state index in [9.17, 15) is 18.0 Å². The molecule has 2 aromatic rings. The predicted molar refractivity (Wildman–Crippen MR) is 101 cm³/mol. The molecule has 0 aromatic heterocycles. The molecule has 144 valence electrons. The number of ether oxygens (including phenoxy) is 1. The number of halogens is 1. The lowest BCUT2D eigenvalue weighted by molar-refractivity contribution is -0.124. The van der Waals surface area contributed by atoms with Crippen molar-refractivity contribution in [3.8, 4) is 0 Å². The van der Waals surface area contributed by atoms with Gasteiger partial charge < -0.3 is 10.1 Å². The fourth-order valence-corrected chi connectivity index (χ4v) is 3.69. The van der Waals surface area contributed by atoms with Gasteiger partial charge in [0.15, 0.2) is 6.61 Å². The Kier molecular flexibility index (Phi) is 7.35. The molecule has 0 saturated carbocycles. The first-order valence-electron chi connectivity index (χ1n) is 8.10. The molecule has 0 fully saturated rings. The van der Waals surface area contributed by atoms with E-state index >= 15 is 0 Å². The fraction of sp³-hybridized carbons (Fsp3) is 0.222. The Hall–Kier alpha value is -2.42. The molecule has 0 spiro atoms. The molecule has 7 nitrogen and oxygen atoms in total. The summed E-state index contributed by atoms with van der Waals surface area (Å²) >= 11 is 6.00. The van der Waals surface area contributed by atoms with Crippen LogP contribution < -0.4 is 10.0 Å². The van der Waals surface area contributed by atoms with Crippen molar-refractivity contribution in [1.82, 2.24) is 10.0 Å². The van der Waals surface area contributed by atoms with Crippen LogP contribution in [0.2, 0.25) is 5.02 Å². The zero-order valence-corrected chi connectivity index (χ0v) is 16.1. The van der Waals surface area contributed by atoms with Crippen LogP contribution in [-0.4, -0.2) is 33.4 Å². The summed E-state index contributed by atoms with van der Waals surface area (Å²) in [6.45, 7) is 1.76. The fourth-order valence-electron chi connectivity index (χ4n) is 2.15. The largest absolute Gasteiger partial charge is 0.452 e. The third-order valence-electron chi connectivity index (χ3n) is 3.47. The molecule has 0 saturated heterocycles. The summed E-state index contributed by atoms with van der Waals surface area (Å²) in [6.07, 6.45) is 0. The van der Waals surface area contributed by atoms with Gasteiger partial charge in [-0.3, -0.25) is 4.79 Å². The molecule has 0 aliphatic carbocycles. The number of nitrogens with one attached hydrogen (secondary N) is 2. The average molecular weight is 411 g/mol. The number of hydrogen-bond donors (Lipinski definition) is 2. The summed E-state index contributed by atoms with van der Waals surface area (Å²) in [6, 6.07) is 12.7. The highest BCUT2D eigenvalue weighted by atomic mass is 35.5. The van der Waals surface area contributed by atoms with E-state index in [0.29, 0.717) is 6.54 Å². The molecule has 0 aliphatic rings. The second-order valence-corrected chi connectivity index (χ2v) is 7.63. The van der Waals surface area contributed by atoms with Gasteiger partial charge in [-0.25, -0.2) is 17.9 Å². The third kappa shape index (κ3) is 6.06. The highest BCUT2D eigenvalue weighted by Gasteiger charge is 2.21. The number of amides is 1. The molecule has 0 atom stereocenters. The number of rotatable bonds is 8. The van der Waals surface area contributed by atoms with Gasteiger partial charge in [0.05, 0.1) is 10.6 Å². The first-order chi connectivity index (χ1) is 12.8. The van der Waals surface area contributed by atoms with Gasteiger partial charge in [0.1, 0.15) is 4.90 Å². The van der Waals surface area contributed by atoms with E-state index < -0.39 is 28.5 Å². The number of carbonyl (C=O) groups is 2. The third-order valence-corrected chi connectivity index (χ3v) is 5.36. The summed E-state index contributed by atoms with van der Waals surface area (Å²) in [7, 11) is -3.95. The van der Waals surface area contributed by atoms with Crippen LogP contribution in [0.5, 0.6) is 0 Å². The Morgan fingerprint density at radius 3 is 2.48 bits per heavy atom. The Balaban J connectivity index is 2.13. The summed E-state index contributed by atoms with van der Waals surface area (Å²) < 4.78 is 32.4. The van der Waals surface area contributed by atoms with Crippen molar-refractivity contribution in [2.75, 3.05) is 13.2 Å². The highest BCUT2D eigenvalue weighted by molar-refractivity contribution is 7.89. The molecule has 27 heavy (non-hydrogen) atoms. The number of carbonyl (C=O) groups excluding carboxylic acids is 2. The van der Waals surface area contributed by atoms with Gasteiger partial charge in [-0.15, -0.1) is 0 Å². The van der Waals surface area contributed by atoms with Crippen molar-refractivity contribution in [2.45, 2.75) is 18.4 Å². The van der Waals surface area contributed by atoms with Crippen LogP contribution in [0.25, 0.3) is 0 Å². The maximum absolute atomic E-state index is 12.5. The van der Waals surface area contributed by atoms with E-state index in [1.54, 1.807) is 31.2 Å². The molecule has 0 unspecified atom stereocenters. The molecule has 0 radical (unpaired) electrons. The lowest BCUT2D eigenvalue weighted by Crippen LogP contribution is -2.28. The summed E-state index contributed by atoms with van der Waals surface area (Å²) in [4.78, 5) is 23.2. The van der Waals surface area contributed by atoms with Crippen LogP contribution in [0.15, 0.2) is 53.4 Å². The molecular weight excluding hydrogens is 392 g/mol. The molecule has 0 aliphatic heterocycles. The zero-order valence-electron chi connectivity index (χ0n) is 14.6. The van der Waals surface area contributed by atoms with Crippen molar-refractivity contribution < 1.29 is 22.7 Å². The van der Waals surface area contributed by atoms with E-state index in [0.717, 1.165) is 11.6 Å². The van der Waals surface area contributed by atoms with Gasteiger partial charge >= 0.3 is 5.97 Å². The van der Waals surface area contributed by atoms with Gasteiger partial charge in [-0.2, -0.15) is 0 Å². The average Bonchev–Trinajstić information content (AvgIpc) is 2.66. The Morgan fingerprint density at radius 1 is 1.11 bits per heavy atom. The van der Waals surface area contributed by atoms with E-state index in [4.69, 9.17) is 16.3 Å². The van der Waals surface area contributed by atoms with Crippen LogP contribution >= 0.6 is 11.6 Å². The number of hydrogen-bond acceptors (Lipinski definition) is 5. The SMILES string of the molecule is CCNC(=O)COC(=O)c1ccc(Cl)c(S(=O)(=O)NCc2ccccc2)c1. The lowest BCUT2D eigenvalue weighted by Gasteiger charge is -2.10. The summed E-state index contributed by atoms with van der Waals surface area (Å²) in [5.74, 6) is -1.27. The van der Waals surface area contributed by atoms with Gasteiger partial charge in [-0.1, -0.05) is 41.9 Å². The highest BCUT2D eigenvalue weighted by Crippen LogP contribution is 2.23.